The first-order valence-corrected chi connectivity index (χ1v) is 6.79. The molecule has 4 aromatic rings. The summed E-state index contributed by atoms with van der Waals surface area (Å²) in [4.78, 5) is 0. The van der Waals surface area contributed by atoms with Gasteiger partial charge in [0.15, 0.2) is 0 Å². The molecule has 0 unspecified atom stereocenters. The number of hydrogen-bond donors (Lipinski definition) is 0. The summed E-state index contributed by atoms with van der Waals surface area (Å²) in [5.41, 5.74) is 0. The van der Waals surface area contributed by atoms with Crippen LogP contribution in [-0.4, -0.2) is 6.61 Å². The van der Waals surface area contributed by atoms with Crippen LogP contribution in [0.5, 0.6) is 5.75 Å². The van der Waals surface area contributed by atoms with E-state index in [9.17, 15) is 0 Å². The summed E-state index contributed by atoms with van der Waals surface area (Å²) in [5.74, 6) is 0.927. The van der Waals surface area contributed by atoms with Crippen LogP contribution in [0.25, 0.3) is 32.3 Å². The van der Waals surface area contributed by atoms with Gasteiger partial charge in [0.1, 0.15) is 12.4 Å². The van der Waals surface area contributed by atoms with E-state index >= 15 is 0 Å². The van der Waals surface area contributed by atoms with Gasteiger partial charge >= 0.3 is 29.6 Å². The van der Waals surface area contributed by atoms with Crippen molar-refractivity contribution < 1.29 is 35.7 Å². The van der Waals surface area contributed by atoms with Crippen molar-refractivity contribution in [3.8, 4) is 5.75 Å². The van der Waals surface area contributed by atoms with Gasteiger partial charge in [-0.1, -0.05) is 55.1 Å². The zero-order valence-electron chi connectivity index (χ0n) is 13.1. The van der Waals surface area contributed by atoms with E-state index in [0.29, 0.717) is 6.61 Å². The molecule has 0 heterocycles. The van der Waals surface area contributed by atoms with Crippen molar-refractivity contribution >= 4 is 32.3 Å². The van der Waals surface area contributed by atoms with Gasteiger partial charge < -0.3 is 6.16 Å². The van der Waals surface area contributed by atoms with E-state index in [4.69, 9.17) is 4.74 Å². The van der Waals surface area contributed by atoms with E-state index in [1.54, 1.807) is 6.08 Å². The molecule has 0 saturated carbocycles. The Labute approximate surface area is 147 Å². The summed E-state index contributed by atoms with van der Waals surface area (Å²) in [7, 11) is 0. The number of rotatable bonds is 3. The second-order valence-corrected chi connectivity index (χ2v) is 5.02. The van der Waals surface area contributed by atoms with E-state index in [2.05, 4.69) is 55.1 Å². The van der Waals surface area contributed by atoms with E-state index in [0.717, 1.165) is 5.75 Å². The van der Waals surface area contributed by atoms with Crippen molar-refractivity contribution in [1.29, 1.82) is 0 Å². The van der Waals surface area contributed by atoms with Gasteiger partial charge in [0.25, 0.3) is 0 Å². The molecule has 0 aliphatic rings. The molecule has 0 spiro atoms. The second-order valence-electron chi connectivity index (χ2n) is 5.02. The summed E-state index contributed by atoms with van der Waals surface area (Å²) in [5, 5.41) is 7.61. The molecule has 0 radical (unpaired) electrons. The van der Waals surface area contributed by atoms with Crippen LogP contribution in [0, 0.1) is 0 Å². The molecule has 1 nitrogen and oxygen atoms in total. The smallest absolute Gasteiger partial charge is 1.00 e. The summed E-state index contributed by atoms with van der Waals surface area (Å²) >= 11 is 0. The standard InChI is InChI=1S/C19H14O.Na.H/c1-2-12-20-17-11-9-15-7-6-13-4-3-5-14-8-10-16(17)19(15)18(13)14;;/h2-11H,1,12H2;;/q;+1;-1. The van der Waals surface area contributed by atoms with E-state index in [1.807, 2.05) is 6.07 Å². The fourth-order valence-corrected chi connectivity index (χ4v) is 2.98. The molecule has 0 aliphatic heterocycles. The van der Waals surface area contributed by atoms with Gasteiger partial charge in [0, 0.05) is 10.8 Å². The Bertz CT molecular complexity index is 917. The van der Waals surface area contributed by atoms with Crippen LogP contribution in [-0.2, 0) is 0 Å². The molecular formula is C19H15NaO. The summed E-state index contributed by atoms with van der Waals surface area (Å²) < 4.78 is 5.79. The average Bonchev–Trinajstić information content (AvgIpc) is 2.51. The maximum atomic E-state index is 5.79. The Balaban J connectivity index is 0.000000882. The molecule has 4 rings (SSSR count). The van der Waals surface area contributed by atoms with Crippen LogP contribution >= 0.6 is 0 Å². The van der Waals surface area contributed by atoms with Crippen molar-refractivity contribution in [2.24, 2.45) is 0 Å². The Morgan fingerprint density at radius 2 is 1.48 bits per heavy atom. The van der Waals surface area contributed by atoms with Gasteiger partial charge in [0.05, 0.1) is 0 Å². The Hall–Kier alpha value is -1.54. The Morgan fingerprint density at radius 3 is 2.19 bits per heavy atom. The molecule has 4 aromatic carbocycles. The first kappa shape index (κ1) is 14.4. The number of ether oxygens (including phenoxy) is 1. The van der Waals surface area contributed by atoms with Gasteiger partial charge in [-0.3, -0.25) is 0 Å². The van der Waals surface area contributed by atoms with Gasteiger partial charge in [-0.2, -0.15) is 0 Å². The van der Waals surface area contributed by atoms with Gasteiger partial charge in [-0.25, -0.2) is 0 Å². The largest absolute Gasteiger partial charge is 1.00 e. The molecule has 2 heteroatoms. The topological polar surface area (TPSA) is 9.23 Å². The van der Waals surface area contributed by atoms with Crippen molar-refractivity contribution in [1.82, 2.24) is 0 Å². The third kappa shape index (κ3) is 2.22. The predicted octanol–water partition coefficient (Wildman–Crippen LogP) is 2.27. The molecule has 0 saturated heterocycles. The molecule has 0 aliphatic carbocycles. The van der Waals surface area contributed by atoms with Crippen molar-refractivity contribution in [2.75, 3.05) is 6.61 Å². The maximum Gasteiger partial charge on any atom is 1.00 e. The molecule has 21 heavy (non-hydrogen) atoms. The summed E-state index contributed by atoms with van der Waals surface area (Å²) in [6.45, 7) is 4.24. The van der Waals surface area contributed by atoms with Crippen molar-refractivity contribution in [3.63, 3.8) is 0 Å². The zero-order chi connectivity index (χ0) is 13.5. The van der Waals surface area contributed by atoms with E-state index < -0.39 is 0 Å². The minimum Gasteiger partial charge on any atom is -1.00 e. The molecule has 0 bridgehead atoms. The predicted molar refractivity (Wildman–Crippen MR) is 87.0 cm³/mol. The number of benzene rings is 4. The van der Waals surface area contributed by atoms with Crippen LogP contribution in [0.3, 0.4) is 0 Å². The fourth-order valence-electron chi connectivity index (χ4n) is 2.98. The SMILES string of the molecule is C=CCOc1ccc2ccc3cccc4ccc1c2c34.[H-].[Na+]. The average molecular weight is 282 g/mol. The molecule has 0 amide bonds. The quantitative estimate of drug-likeness (QED) is 0.318. The minimum atomic E-state index is 0. The monoisotopic (exact) mass is 282 g/mol. The van der Waals surface area contributed by atoms with Gasteiger partial charge in [-0.05, 0) is 33.7 Å². The zero-order valence-corrected chi connectivity index (χ0v) is 14.1. The summed E-state index contributed by atoms with van der Waals surface area (Å²) in [6.07, 6.45) is 1.78. The van der Waals surface area contributed by atoms with Crippen molar-refractivity contribution in [2.45, 2.75) is 0 Å². The first-order chi connectivity index (χ1) is 9.88. The Kier molecular flexibility index (Phi) is 3.90. The van der Waals surface area contributed by atoms with Crippen LogP contribution in [0.4, 0.5) is 0 Å². The molecular weight excluding hydrogens is 267 g/mol. The van der Waals surface area contributed by atoms with Crippen LogP contribution < -0.4 is 34.3 Å². The normalized spacial score (nSPS) is 10.9. The molecule has 98 valence electrons. The molecule has 0 aromatic heterocycles. The Morgan fingerprint density at radius 1 is 0.857 bits per heavy atom. The van der Waals surface area contributed by atoms with Crippen molar-refractivity contribution in [3.05, 3.63) is 67.3 Å². The molecule has 0 N–H and O–H groups in total. The summed E-state index contributed by atoms with van der Waals surface area (Å²) in [6, 6.07) is 19.3. The molecule has 0 fully saturated rings. The third-order valence-electron chi connectivity index (χ3n) is 3.85. The minimum absolute atomic E-state index is 0. The van der Waals surface area contributed by atoms with E-state index in [1.165, 1.54) is 32.3 Å². The third-order valence-corrected chi connectivity index (χ3v) is 3.85. The van der Waals surface area contributed by atoms with E-state index in [-0.39, 0.29) is 31.0 Å². The van der Waals surface area contributed by atoms with Crippen LogP contribution in [0.1, 0.15) is 1.43 Å². The van der Waals surface area contributed by atoms with Crippen LogP contribution in [0.15, 0.2) is 67.3 Å². The van der Waals surface area contributed by atoms with Crippen LogP contribution in [0.2, 0.25) is 0 Å². The molecule has 0 atom stereocenters. The second kappa shape index (κ2) is 5.69. The maximum absolute atomic E-state index is 5.79. The number of hydrogen-bond acceptors (Lipinski definition) is 1. The van der Waals surface area contributed by atoms with Gasteiger partial charge in [-0.15, -0.1) is 0 Å². The first-order valence-electron chi connectivity index (χ1n) is 6.79. The van der Waals surface area contributed by atoms with Gasteiger partial charge in [0.2, 0.25) is 0 Å². The fraction of sp³-hybridized carbons (Fsp3) is 0.0526.